The van der Waals surface area contributed by atoms with Gasteiger partial charge in [0.1, 0.15) is 18.1 Å². The molecule has 0 unspecified atom stereocenters. The molecular formula is C23H28N4O3. The van der Waals surface area contributed by atoms with E-state index in [-0.39, 0.29) is 0 Å². The molecule has 0 saturated carbocycles. The van der Waals surface area contributed by atoms with Gasteiger partial charge in [0.25, 0.3) is 0 Å². The Labute approximate surface area is 177 Å². The van der Waals surface area contributed by atoms with Crippen molar-refractivity contribution in [3.05, 3.63) is 65.0 Å². The molecule has 0 spiro atoms. The Balaban J connectivity index is 1.30. The van der Waals surface area contributed by atoms with Crippen LogP contribution in [0.5, 0.6) is 17.2 Å². The third-order valence-corrected chi connectivity index (χ3v) is 5.44. The van der Waals surface area contributed by atoms with Crippen LogP contribution < -0.4 is 14.2 Å². The molecule has 0 atom stereocenters. The number of aryl methyl sites for hydroxylation is 1. The number of nitrogens with zero attached hydrogens (tertiary/aromatic N) is 4. The zero-order valence-electron chi connectivity index (χ0n) is 17.8. The lowest BCUT2D eigenvalue weighted by Gasteiger charge is -2.29. The fourth-order valence-electron chi connectivity index (χ4n) is 3.68. The molecule has 2 heterocycles. The molecule has 1 aliphatic rings. The zero-order valence-corrected chi connectivity index (χ0v) is 17.8. The molecule has 0 aliphatic carbocycles. The quantitative estimate of drug-likeness (QED) is 0.570. The van der Waals surface area contributed by atoms with E-state index in [1.807, 2.05) is 35.1 Å². The molecule has 1 aromatic heterocycles. The van der Waals surface area contributed by atoms with Crippen molar-refractivity contribution < 1.29 is 14.2 Å². The molecule has 7 heteroatoms. The summed E-state index contributed by atoms with van der Waals surface area (Å²) in [7, 11) is 3.35. The summed E-state index contributed by atoms with van der Waals surface area (Å²) in [6.07, 6.45) is 2.96. The average Bonchev–Trinajstić information content (AvgIpc) is 3.24. The first kappa shape index (κ1) is 20.2. The summed E-state index contributed by atoms with van der Waals surface area (Å²) in [5.41, 5.74) is 4.67. The number of benzene rings is 2. The Bertz CT molecular complexity index is 985. The highest BCUT2D eigenvalue weighted by atomic mass is 16.5. The van der Waals surface area contributed by atoms with Gasteiger partial charge in [0, 0.05) is 19.6 Å². The van der Waals surface area contributed by atoms with Gasteiger partial charge in [-0.25, -0.2) is 0 Å². The number of fused-ring (bicyclic) bond motifs is 1. The van der Waals surface area contributed by atoms with Crippen LogP contribution in [0.2, 0.25) is 0 Å². The van der Waals surface area contributed by atoms with E-state index in [2.05, 4.69) is 34.3 Å². The van der Waals surface area contributed by atoms with Crippen LogP contribution in [0.15, 0.2) is 42.6 Å². The standard InChI is InChI=1S/C23H28N4O3/c1-17-4-6-21(7-5-17)30-16-20-15-27(25-24-20)11-10-26-9-8-18-12-22(28-2)23(29-3)13-19(18)14-26/h4-7,12-13,15H,8-11,14,16H2,1-3H3. The van der Waals surface area contributed by atoms with E-state index in [0.29, 0.717) is 6.61 Å². The largest absolute Gasteiger partial charge is 0.493 e. The molecule has 4 rings (SSSR count). The molecule has 0 radical (unpaired) electrons. The fraction of sp³-hybridized carbons (Fsp3) is 0.391. The molecule has 2 aromatic carbocycles. The number of methoxy groups -OCH3 is 2. The minimum absolute atomic E-state index is 0.418. The van der Waals surface area contributed by atoms with Crippen molar-refractivity contribution in [2.45, 2.75) is 33.0 Å². The molecule has 0 bridgehead atoms. The first-order valence-electron chi connectivity index (χ1n) is 10.2. The van der Waals surface area contributed by atoms with Crippen molar-refractivity contribution in [2.24, 2.45) is 0 Å². The summed E-state index contributed by atoms with van der Waals surface area (Å²) in [6, 6.07) is 12.2. The van der Waals surface area contributed by atoms with Crippen molar-refractivity contribution in [3.63, 3.8) is 0 Å². The molecule has 0 amide bonds. The maximum Gasteiger partial charge on any atom is 0.161 e. The van der Waals surface area contributed by atoms with Gasteiger partial charge in [-0.1, -0.05) is 22.9 Å². The van der Waals surface area contributed by atoms with E-state index in [4.69, 9.17) is 14.2 Å². The van der Waals surface area contributed by atoms with E-state index in [1.165, 1.54) is 16.7 Å². The zero-order chi connectivity index (χ0) is 20.9. The SMILES string of the molecule is COc1cc2c(cc1OC)CN(CCn1cc(COc3ccc(C)cc3)nn1)CC2. The maximum atomic E-state index is 5.79. The van der Waals surface area contributed by atoms with Gasteiger partial charge in [-0.2, -0.15) is 0 Å². The number of ether oxygens (including phenoxy) is 3. The third kappa shape index (κ3) is 4.74. The molecule has 0 saturated heterocycles. The molecule has 0 N–H and O–H groups in total. The van der Waals surface area contributed by atoms with Crippen molar-refractivity contribution >= 4 is 0 Å². The number of hydrogen-bond acceptors (Lipinski definition) is 6. The highest BCUT2D eigenvalue weighted by molar-refractivity contribution is 5.48. The van der Waals surface area contributed by atoms with E-state index in [0.717, 1.165) is 55.5 Å². The van der Waals surface area contributed by atoms with Gasteiger partial charge in [-0.05, 0) is 48.7 Å². The molecule has 158 valence electrons. The number of rotatable bonds is 8. The van der Waals surface area contributed by atoms with Gasteiger partial charge in [0.05, 0.1) is 27.0 Å². The van der Waals surface area contributed by atoms with Crippen LogP contribution in [0.4, 0.5) is 0 Å². The van der Waals surface area contributed by atoms with E-state index in [9.17, 15) is 0 Å². The summed E-state index contributed by atoms with van der Waals surface area (Å²) >= 11 is 0. The normalized spacial score (nSPS) is 13.7. The summed E-state index contributed by atoms with van der Waals surface area (Å²) in [5.74, 6) is 2.43. The van der Waals surface area contributed by atoms with Crippen LogP contribution in [-0.2, 0) is 26.1 Å². The van der Waals surface area contributed by atoms with Crippen LogP contribution in [0.1, 0.15) is 22.4 Å². The summed E-state index contributed by atoms with van der Waals surface area (Å²) in [4.78, 5) is 2.43. The van der Waals surface area contributed by atoms with Crippen LogP contribution in [0.3, 0.4) is 0 Å². The Morgan fingerprint density at radius 3 is 2.43 bits per heavy atom. The van der Waals surface area contributed by atoms with Crippen LogP contribution in [0, 0.1) is 6.92 Å². The Hall–Kier alpha value is -3.06. The second kappa shape index (κ2) is 9.17. The average molecular weight is 409 g/mol. The van der Waals surface area contributed by atoms with Crippen molar-refractivity contribution in [1.29, 1.82) is 0 Å². The first-order chi connectivity index (χ1) is 14.6. The minimum atomic E-state index is 0.418. The third-order valence-electron chi connectivity index (χ3n) is 5.44. The Kier molecular flexibility index (Phi) is 6.18. The number of aromatic nitrogens is 3. The Morgan fingerprint density at radius 1 is 0.967 bits per heavy atom. The van der Waals surface area contributed by atoms with Gasteiger partial charge in [-0.15, -0.1) is 5.10 Å². The van der Waals surface area contributed by atoms with Crippen LogP contribution in [-0.4, -0.2) is 47.2 Å². The summed E-state index contributed by atoms with van der Waals surface area (Å²) in [5, 5.41) is 8.47. The predicted molar refractivity (Wildman–Crippen MR) is 114 cm³/mol. The molecule has 0 fully saturated rings. The van der Waals surface area contributed by atoms with Gasteiger partial charge >= 0.3 is 0 Å². The fourth-order valence-corrected chi connectivity index (χ4v) is 3.68. The van der Waals surface area contributed by atoms with Crippen LogP contribution >= 0.6 is 0 Å². The number of hydrogen-bond donors (Lipinski definition) is 0. The molecule has 30 heavy (non-hydrogen) atoms. The van der Waals surface area contributed by atoms with E-state index >= 15 is 0 Å². The van der Waals surface area contributed by atoms with E-state index in [1.54, 1.807) is 14.2 Å². The Morgan fingerprint density at radius 2 is 1.70 bits per heavy atom. The summed E-state index contributed by atoms with van der Waals surface area (Å²) in [6.45, 7) is 6.09. The molecule has 3 aromatic rings. The first-order valence-corrected chi connectivity index (χ1v) is 10.2. The smallest absolute Gasteiger partial charge is 0.161 e. The predicted octanol–water partition coefficient (Wildman–Crippen LogP) is 3.24. The lowest BCUT2D eigenvalue weighted by Crippen LogP contribution is -2.33. The highest BCUT2D eigenvalue weighted by Crippen LogP contribution is 2.33. The lowest BCUT2D eigenvalue weighted by molar-refractivity contribution is 0.238. The van der Waals surface area contributed by atoms with Gasteiger partial charge < -0.3 is 14.2 Å². The lowest BCUT2D eigenvalue weighted by atomic mass is 9.99. The molecule has 1 aliphatic heterocycles. The van der Waals surface area contributed by atoms with E-state index < -0.39 is 0 Å². The summed E-state index contributed by atoms with van der Waals surface area (Å²) < 4.78 is 18.5. The van der Waals surface area contributed by atoms with Gasteiger partial charge in [-0.3, -0.25) is 9.58 Å². The van der Waals surface area contributed by atoms with Crippen molar-refractivity contribution in [1.82, 2.24) is 19.9 Å². The second-order valence-electron chi connectivity index (χ2n) is 7.58. The van der Waals surface area contributed by atoms with Gasteiger partial charge in [0.2, 0.25) is 0 Å². The molecule has 7 nitrogen and oxygen atoms in total. The van der Waals surface area contributed by atoms with Gasteiger partial charge in [0.15, 0.2) is 11.5 Å². The van der Waals surface area contributed by atoms with Crippen molar-refractivity contribution in [2.75, 3.05) is 27.3 Å². The topological polar surface area (TPSA) is 61.6 Å². The monoisotopic (exact) mass is 408 g/mol. The maximum absolute atomic E-state index is 5.79. The van der Waals surface area contributed by atoms with Crippen LogP contribution in [0.25, 0.3) is 0 Å². The molecular weight excluding hydrogens is 380 g/mol. The highest BCUT2D eigenvalue weighted by Gasteiger charge is 2.19. The minimum Gasteiger partial charge on any atom is -0.493 e. The van der Waals surface area contributed by atoms with Crippen molar-refractivity contribution in [3.8, 4) is 17.2 Å². The second-order valence-corrected chi connectivity index (χ2v) is 7.58.